The number of hydrogen-bond donors (Lipinski definition) is 0. The third kappa shape index (κ3) is 3.01. The average molecular weight is 335 g/mol. The molecule has 0 unspecified atom stereocenters. The summed E-state index contributed by atoms with van der Waals surface area (Å²) in [7, 11) is -1.91. The number of carbonyl (C=O) groups excluding carboxylic acids is 2. The second kappa shape index (κ2) is 5.81. The van der Waals surface area contributed by atoms with E-state index in [9.17, 15) is 18.0 Å². The van der Waals surface area contributed by atoms with Crippen molar-refractivity contribution in [2.24, 2.45) is 5.92 Å². The topological polar surface area (TPSA) is 80.8 Å². The van der Waals surface area contributed by atoms with Gasteiger partial charge in [-0.1, -0.05) is 24.3 Å². The molecule has 6 nitrogen and oxygen atoms in total. The maximum absolute atomic E-state index is 12.7. The number of hydrogen-bond acceptors (Lipinski definition) is 5. The molecular formula is C16H17NO5S. The number of rotatable bonds is 3. The number of ether oxygens (including phenoxy) is 1. The van der Waals surface area contributed by atoms with Crippen LogP contribution in [-0.4, -0.2) is 39.2 Å². The summed E-state index contributed by atoms with van der Waals surface area (Å²) in [6, 6.07) is 6.63. The zero-order valence-electron chi connectivity index (χ0n) is 12.6. The fourth-order valence-electron chi connectivity index (χ4n) is 3.11. The van der Waals surface area contributed by atoms with E-state index in [0.29, 0.717) is 12.1 Å². The van der Waals surface area contributed by atoms with Gasteiger partial charge in [0.25, 0.3) is 0 Å². The van der Waals surface area contributed by atoms with Crippen LogP contribution >= 0.6 is 0 Å². The summed E-state index contributed by atoms with van der Waals surface area (Å²) in [6.07, 6.45) is 2.01. The molecule has 0 aliphatic carbocycles. The van der Waals surface area contributed by atoms with E-state index in [1.54, 1.807) is 18.2 Å². The van der Waals surface area contributed by atoms with Crippen molar-refractivity contribution in [1.29, 1.82) is 0 Å². The largest absolute Gasteiger partial charge is 0.467 e. The van der Waals surface area contributed by atoms with Gasteiger partial charge in [-0.15, -0.1) is 0 Å². The zero-order chi connectivity index (χ0) is 16.6. The van der Waals surface area contributed by atoms with Crippen molar-refractivity contribution in [2.45, 2.75) is 18.9 Å². The summed E-state index contributed by atoms with van der Waals surface area (Å²) in [5, 5.41) is 1.15. The molecule has 7 heteroatoms. The molecule has 1 aromatic rings. The number of methoxy groups -OCH3 is 1. The van der Waals surface area contributed by atoms with Crippen LogP contribution in [-0.2, 0) is 30.6 Å². The van der Waals surface area contributed by atoms with Crippen molar-refractivity contribution < 1.29 is 22.7 Å². The minimum absolute atomic E-state index is 0.0531. The predicted octanol–water partition coefficient (Wildman–Crippen LogP) is 1.07. The van der Waals surface area contributed by atoms with Gasteiger partial charge in [0.05, 0.1) is 12.9 Å². The van der Waals surface area contributed by atoms with E-state index in [2.05, 4.69) is 0 Å². The van der Waals surface area contributed by atoms with Crippen LogP contribution in [0.4, 0.5) is 5.69 Å². The summed E-state index contributed by atoms with van der Waals surface area (Å²) >= 11 is 0. The minimum Gasteiger partial charge on any atom is -0.467 e. The van der Waals surface area contributed by atoms with E-state index in [4.69, 9.17) is 4.74 Å². The molecule has 1 amide bonds. The lowest BCUT2D eigenvalue weighted by Crippen LogP contribution is -2.44. The number of para-hydroxylation sites is 1. The van der Waals surface area contributed by atoms with Crippen LogP contribution in [0.5, 0.6) is 0 Å². The SMILES string of the molecule is COC(=O)[C@H]1Cc2ccccc2N1C(=O)C[C@@H]1C=CS(=O)(=O)C1. The van der Waals surface area contributed by atoms with Crippen LogP contribution in [0, 0.1) is 5.92 Å². The quantitative estimate of drug-likeness (QED) is 0.772. The number of anilines is 1. The maximum Gasteiger partial charge on any atom is 0.329 e. The smallest absolute Gasteiger partial charge is 0.329 e. The maximum atomic E-state index is 12.7. The summed E-state index contributed by atoms with van der Waals surface area (Å²) in [6.45, 7) is 0. The highest BCUT2D eigenvalue weighted by atomic mass is 32.2. The van der Waals surface area contributed by atoms with Gasteiger partial charge in [0, 0.05) is 29.9 Å². The Morgan fingerprint density at radius 1 is 1.30 bits per heavy atom. The third-order valence-electron chi connectivity index (χ3n) is 4.16. The summed E-state index contributed by atoms with van der Waals surface area (Å²) in [5.74, 6) is -1.14. The van der Waals surface area contributed by atoms with Gasteiger partial charge in [-0.25, -0.2) is 13.2 Å². The van der Waals surface area contributed by atoms with Crippen LogP contribution in [0.15, 0.2) is 35.7 Å². The molecule has 0 N–H and O–H groups in total. The average Bonchev–Trinajstić information content (AvgIpc) is 3.06. The molecule has 0 fully saturated rings. The van der Waals surface area contributed by atoms with Gasteiger partial charge in [-0.2, -0.15) is 0 Å². The summed E-state index contributed by atoms with van der Waals surface area (Å²) in [4.78, 5) is 26.2. The van der Waals surface area contributed by atoms with Crippen LogP contribution in [0.2, 0.25) is 0 Å². The van der Waals surface area contributed by atoms with Crippen LogP contribution in [0.3, 0.4) is 0 Å². The third-order valence-corrected chi connectivity index (χ3v) is 5.62. The van der Waals surface area contributed by atoms with Crippen molar-refractivity contribution in [3.63, 3.8) is 0 Å². The zero-order valence-corrected chi connectivity index (χ0v) is 13.5. The summed E-state index contributed by atoms with van der Waals surface area (Å²) in [5.41, 5.74) is 1.60. The normalized spacial score (nSPS) is 24.5. The fraction of sp³-hybridized carbons (Fsp3) is 0.375. The van der Waals surface area contributed by atoms with E-state index in [1.807, 2.05) is 12.1 Å². The van der Waals surface area contributed by atoms with E-state index in [1.165, 1.54) is 12.0 Å². The van der Waals surface area contributed by atoms with Gasteiger partial charge in [0.2, 0.25) is 5.91 Å². The Labute approximate surface area is 134 Å². The highest BCUT2D eigenvalue weighted by Gasteiger charge is 2.39. The lowest BCUT2D eigenvalue weighted by Gasteiger charge is -2.24. The first-order valence-electron chi connectivity index (χ1n) is 7.30. The Kier molecular flexibility index (Phi) is 3.97. The first kappa shape index (κ1) is 15.7. The van der Waals surface area contributed by atoms with E-state index in [0.717, 1.165) is 11.0 Å². The van der Waals surface area contributed by atoms with Crippen molar-refractivity contribution in [3.05, 3.63) is 41.3 Å². The second-order valence-electron chi connectivity index (χ2n) is 5.76. The molecule has 0 saturated carbocycles. The van der Waals surface area contributed by atoms with Crippen molar-refractivity contribution in [3.8, 4) is 0 Å². The molecule has 2 atom stereocenters. The Morgan fingerprint density at radius 3 is 2.70 bits per heavy atom. The van der Waals surface area contributed by atoms with Gasteiger partial charge in [-0.05, 0) is 11.6 Å². The first-order chi connectivity index (χ1) is 10.9. The highest BCUT2D eigenvalue weighted by molar-refractivity contribution is 7.94. The number of benzene rings is 1. The molecule has 23 heavy (non-hydrogen) atoms. The molecular weight excluding hydrogens is 318 g/mol. The number of nitrogens with zero attached hydrogens (tertiary/aromatic N) is 1. The Bertz CT molecular complexity index is 783. The van der Waals surface area contributed by atoms with Gasteiger partial charge in [0.15, 0.2) is 9.84 Å². The fourth-order valence-corrected chi connectivity index (χ4v) is 4.51. The highest BCUT2D eigenvalue weighted by Crippen LogP contribution is 2.34. The number of esters is 1. The molecule has 2 aliphatic rings. The molecule has 3 rings (SSSR count). The van der Waals surface area contributed by atoms with Crippen molar-refractivity contribution >= 4 is 27.4 Å². The lowest BCUT2D eigenvalue weighted by atomic mass is 10.1. The molecule has 2 aliphatic heterocycles. The Balaban J connectivity index is 1.84. The molecule has 0 spiro atoms. The van der Waals surface area contributed by atoms with E-state index in [-0.39, 0.29) is 24.0 Å². The van der Waals surface area contributed by atoms with Crippen molar-refractivity contribution in [1.82, 2.24) is 0 Å². The monoisotopic (exact) mass is 335 g/mol. The predicted molar refractivity (Wildman–Crippen MR) is 84.5 cm³/mol. The molecule has 2 heterocycles. The molecule has 0 aromatic heterocycles. The number of sulfone groups is 1. The molecule has 0 bridgehead atoms. The number of fused-ring (bicyclic) bond motifs is 1. The molecule has 0 saturated heterocycles. The van der Waals surface area contributed by atoms with Crippen LogP contribution in [0.25, 0.3) is 0 Å². The second-order valence-corrected chi connectivity index (χ2v) is 7.69. The summed E-state index contributed by atoms with van der Waals surface area (Å²) < 4.78 is 27.8. The van der Waals surface area contributed by atoms with Crippen LogP contribution in [0.1, 0.15) is 12.0 Å². The standard InChI is InChI=1S/C16H17NO5S/c1-22-16(19)14-9-12-4-2-3-5-13(12)17(14)15(18)8-11-6-7-23(20,21)10-11/h2-7,11,14H,8-10H2,1H3/t11-,14+/m0/s1. The van der Waals surface area contributed by atoms with E-state index >= 15 is 0 Å². The molecule has 1 aromatic carbocycles. The van der Waals surface area contributed by atoms with Crippen LogP contribution < -0.4 is 4.90 Å². The first-order valence-corrected chi connectivity index (χ1v) is 9.01. The van der Waals surface area contributed by atoms with Gasteiger partial charge >= 0.3 is 5.97 Å². The van der Waals surface area contributed by atoms with Gasteiger partial charge < -0.3 is 4.74 Å². The number of amides is 1. The number of carbonyl (C=O) groups is 2. The Hall–Kier alpha value is -2.15. The van der Waals surface area contributed by atoms with Gasteiger partial charge in [-0.3, -0.25) is 9.69 Å². The van der Waals surface area contributed by atoms with Crippen molar-refractivity contribution in [2.75, 3.05) is 17.8 Å². The molecule has 0 radical (unpaired) electrons. The van der Waals surface area contributed by atoms with Gasteiger partial charge in [0.1, 0.15) is 6.04 Å². The lowest BCUT2D eigenvalue weighted by molar-refractivity contribution is -0.143. The molecule has 122 valence electrons. The van der Waals surface area contributed by atoms with E-state index < -0.39 is 21.8 Å². The Morgan fingerprint density at radius 2 is 2.04 bits per heavy atom. The number of allylic oxidation sites excluding steroid dienone is 1. The minimum atomic E-state index is -3.20.